The molecule has 0 radical (unpaired) electrons. The van der Waals surface area contributed by atoms with E-state index < -0.39 is 47.0 Å². The normalized spacial score (nSPS) is 25.7. The molecule has 3 aliphatic carbocycles. The first-order valence-electron chi connectivity index (χ1n) is 15.0. The molecule has 1 aromatic carbocycles. The number of piperidine rings is 1. The molecule has 1 saturated heterocycles. The Balaban J connectivity index is 1.16. The second-order valence-corrected chi connectivity index (χ2v) is 13.3. The molecule has 17 heteroatoms. The van der Waals surface area contributed by atoms with Crippen LogP contribution in [-0.2, 0) is 22.9 Å². The number of hydrogen-bond acceptors (Lipinski definition) is 8. The molecule has 1 aliphatic heterocycles. The first-order valence-corrected chi connectivity index (χ1v) is 15.8. The number of halogens is 5. The second kappa shape index (κ2) is 10.0. The van der Waals surface area contributed by atoms with Crippen molar-refractivity contribution in [3.8, 4) is 5.75 Å². The summed E-state index contributed by atoms with van der Waals surface area (Å²) in [5, 5.41) is 17.1. The van der Waals surface area contributed by atoms with Crippen molar-refractivity contribution >= 4 is 39.2 Å². The van der Waals surface area contributed by atoms with Crippen LogP contribution < -0.4 is 10.9 Å². The lowest BCUT2D eigenvalue weighted by Gasteiger charge is -2.58. The maximum Gasteiger partial charge on any atom is 0.416 e. The van der Waals surface area contributed by atoms with Crippen LogP contribution >= 0.6 is 15.9 Å². The largest absolute Gasteiger partial charge is 0.504 e. The van der Waals surface area contributed by atoms with E-state index in [2.05, 4.69) is 41.3 Å². The molecular formula is C30H25BrF4N8O4. The van der Waals surface area contributed by atoms with Crippen LogP contribution in [0, 0.1) is 24.6 Å². The van der Waals surface area contributed by atoms with Gasteiger partial charge in [0.25, 0.3) is 11.5 Å². The fourth-order valence-corrected chi connectivity index (χ4v) is 8.62. The van der Waals surface area contributed by atoms with Gasteiger partial charge in [-0.2, -0.15) is 22.7 Å². The van der Waals surface area contributed by atoms with Gasteiger partial charge in [0.15, 0.2) is 11.4 Å². The van der Waals surface area contributed by atoms with Gasteiger partial charge in [-0.05, 0) is 78.6 Å². The van der Waals surface area contributed by atoms with Gasteiger partial charge in [0, 0.05) is 35.2 Å². The zero-order valence-corrected chi connectivity index (χ0v) is 26.1. The van der Waals surface area contributed by atoms with Crippen molar-refractivity contribution < 1.29 is 32.3 Å². The fourth-order valence-electron chi connectivity index (χ4n) is 8.30. The summed E-state index contributed by atoms with van der Waals surface area (Å²) in [5.41, 5.74) is -1.16. The van der Waals surface area contributed by atoms with Gasteiger partial charge >= 0.3 is 6.18 Å². The Kier molecular flexibility index (Phi) is 6.40. The first-order chi connectivity index (χ1) is 22.3. The van der Waals surface area contributed by atoms with Crippen molar-refractivity contribution in [2.75, 3.05) is 11.9 Å². The zero-order valence-electron chi connectivity index (χ0n) is 24.6. The first kappa shape index (κ1) is 30.0. The predicted molar refractivity (Wildman–Crippen MR) is 158 cm³/mol. The molecule has 2 amide bonds. The molecule has 2 N–H and O–H groups in total. The highest BCUT2D eigenvalue weighted by atomic mass is 79.9. The van der Waals surface area contributed by atoms with Gasteiger partial charge in [-0.1, -0.05) is 0 Å². The number of aromatic hydroxyl groups is 1. The van der Waals surface area contributed by atoms with Crippen LogP contribution in [0.3, 0.4) is 0 Å². The van der Waals surface area contributed by atoms with Crippen molar-refractivity contribution in [3.63, 3.8) is 0 Å². The highest BCUT2D eigenvalue weighted by Crippen LogP contribution is 2.72. The van der Waals surface area contributed by atoms with Gasteiger partial charge in [-0.15, -0.1) is 5.10 Å². The molecule has 8 rings (SSSR count). The molecule has 0 bridgehead atoms. The van der Waals surface area contributed by atoms with Gasteiger partial charge in [-0.3, -0.25) is 14.4 Å². The summed E-state index contributed by atoms with van der Waals surface area (Å²) in [7, 11) is 0. The summed E-state index contributed by atoms with van der Waals surface area (Å²) >= 11 is 3.22. The molecule has 244 valence electrons. The van der Waals surface area contributed by atoms with Crippen LogP contribution in [0.15, 0.2) is 34.1 Å². The van der Waals surface area contributed by atoms with E-state index >= 15 is 0 Å². The van der Waals surface area contributed by atoms with Crippen molar-refractivity contribution in [2.45, 2.75) is 62.7 Å². The topological polar surface area (TPSA) is 148 Å². The predicted octanol–water partition coefficient (Wildman–Crippen LogP) is 3.93. The van der Waals surface area contributed by atoms with E-state index in [0.29, 0.717) is 48.5 Å². The standard InChI is InChI=1S/C30H25BrF4N8O4/c1-12-24(45)22(37-11-36-12)26(47)41-7-6-29(15-3-5-19(15)41)16-9-14(16)23-21(29)25(46)43-28(39-27(31)40-43)42(23)10-20(44)38-18-4-2-13(8-17(18)32)30(33,34)35/h2,4,8,11,14-16,19,45H,3,5-7,9-10H2,1H3,(H,38,44)/t14-,15?,16+,19-,29-/m0/s1. The molecule has 3 fully saturated rings. The van der Waals surface area contributed by atoms with Gasteiger partial charge in [-0.25, -0.2) is 14.4 Å². The molecule has 4 aromatic rings. The Morgan fingerprint density at radius 3 is 2.68 bits per heavy atom. The number of aryl methyl sites for hydroxylation is 1. The van der Waals surface area contributed by atoms with Crippen LogP contribution in [-0.4, -0.2) is 63.5 Å². The molecule has 47 heavy (non-hydrogen) atoms. The average molecular weight is 717 g/mol. The average Bonchev–Trinajstić information content (AvgIpc) is 3.62. The minimum absolute atomic E-state index is 0.0640. The monoisotopic (exact) mass is 716 g/mol. The molecule has 2 saturated carbocycles. The third-order valence-corrected chi connectivity index (χ3v) is 10.8. The number of carbonyl (C=O) groups excluding carboxylic acids is 2. The van der Waals surface area contributed by atoms with E-state index in [1.54, 1.807) is 16.4 Å². The highest BCUT2D eigenvalue weighted by Gasteiger charge is 2.70. The Morgan fingerprint density at radius 1 is 1.19 bits per heavy atom. The SMILES string of the molecule is Cc1ncnc(C(=O)N2CC[C@]3(c4c(n(CC(=O)Nc5ccc(C(F)(F)F)cc5F)c5nc(Br)nn5c4=O)[C@H]4C[C@H]43)C3CC[C@@H]32)c1O. The number of anilines is 1. The minimum Gasteiger partial charge on any atom is -0.504 e. The summed E-state index contributed by atoms with van der Waals surface area (Å²) in [6.07, 6.45) is -0.808. The summed E-state index contributed by atoms with van der Waals surface area (Å²) < 4.78 is 56.6. The van der Waals surface area contributed by atoms with E-state index in [1.807, 2.05) is 0 Å². The van der Waals surface area contributed by atoms with Crippen molar-refractivity contribution in [1.82, 2.24) is 34.0 Å². The van der Waals surface area contributed by atoms with Crippen molar-refractivity contribution in [1.29, 1.82) is 0 Å². The quantitative estimate of drug-likeness (QED) is 0.302. The molecule has 3 aromatic heterocycles. The number of likely N-dealkylation sites (tertiary alicyclic amines) is 1. The van der Waals surface area contributed by atoms with E-state index in [-0.39, 0.29) is 51.3 Å². The Morgan fingerprint density at radius 2 is 1.98 bits per heavy atom. The summed E-state index contributed by atoms with van der Waals surface area (Å²) in [6.45, 7) is 1.50. The van der Waals surface area contributed by atoms with Crippen molar-refractivity contribution in [3.05, 3.63) is 73.6 Å². The summed E-state index contributed by atoms with van der Waals surface area (Å²) in [6, 6.07) is 1.66. The lowest BCUT2D eigenvalue weighted by atomic mass is 9.54. The number of hydrogen-bond donors (Lipinski definition) is 2. The number of benzene rings is 1. The Bertz CT molecular complexity index is 2100. The fraction of sp³-hybridized carbons (Fsp3) is 0.433. The smallest absolute Gasteiger partial charge is 0.416 e. The number of fused-ring (bicyclic) bond motifs is 8. The maximum atomic E-state index is 14.6. The van der Waals surface area contributed by atoms with Crippen LogP contribution in [0.1, 0.15) is 64.6 Å². The lowest BCUT2D eigenvalue weighted by Crippen LogP contribution is -2.64. The molecule has 4 heterocycles. The third kappa shape index (κ3) is 4.27. The van der Waals surface area contributed by atoms with E-state index in [0.717, 1.165) is 23.4 Å². The number of amides is 2. The van der Waals surface area contributed by atoms with E-state index in [1.165, 1.54) is 6.33 Å². The summed E-state index contributed by atoms with van der Waals surface area (Å²) in [4.78, 5) is 55.2. The van der Waals surface area contributed by atoms with E-state index in [4.69, 9.17) is 0 Å². The van der Waals surface area contributed by atoms with Crippen LogP contribution in [0.25, 0.3) is 5.78 Å². The van der Waals surface area contributed by atoms with Gasteiger partial charge in [0.2, 0.25) is 16.4 Å². The third-order valence-electron chi connectivity index (χ3n) is 10.4. The van der Waals surface area contributed by atoms with Crippen LogP contribution in [0.2, 0.25) is 0 Å². The zero-order chi connectivity index (χ0) is 33.2. The number of carbonyl (C=O) groups is 2. The van der Waals surface area contributed by atoms with Gasteiger partial charge in [0.05, 0.1) is 16.9 Å². The molecule has 5 atom stereocenters. The van der Waals surface area contributed by atoms with Crippen LogP contribution in [0.4, 0.5) is 23.2 Å². The number of rotatable bonds is 4. The summed E-state index contributed by atoms with van der Waals surface area (Å²) in [5.74, 6) is -2.58. The number of aromatic nitrogens is 6. The van der Waals surface area contributed by atoms with E-state index in [9.17, 15) is 37.1 Å². The second-order valence-electron chi connectivity index (χ2n) is 12.6. The molecule has 1 unspecified atom stereocenters. The van der Waals surface area contributed by atoms with Gasteiger partial charge in [0.1, 0.15) is 18.7 Å². The minimum atomic E-state index is -4.75. The number of nitrogens with zero attached hydrogens (tertiary/aromatic N) is 7. The Hall–Kier alpha value is -4.41. The van der Waals surface area contributed by atoms with Gasteiger partial charge < -0.3 is 19.9 Å². The number of nitrogens with one attached hydrogen (secondary N) is 1. The van der Waals surface area contributed by atoms with Crippen molar-refractivity contribution in [2.24, 2.45) is 11.8 Å². The lowest BCUT2D eigenvalue weighted by molar-refractivity contribution is -0.137. The highest BCUT2D eigenvalue weighted by molar-refractivity contribution is 9.10. The molecule has 12 nitrogen and oxygen atoms in total. The molecule has 1 spiro atoms. The molecule has 4 aliphatic rings. The number of alkyl halides is 3. The Labute approximate surface area is 271 Å². The van der Waals surface area contributed by atoms with Crippen LogP contribution in [0.5, 0.6) is 5.75 Å². The maximum absolute atomic E-state index is 14.6. The molecular weight excluding hydrogens is 692 g/mol.